The number of aromatic nitrogens is 4. The van der Waals surface area contributed by atoms with Gasteiger partial charge in [-0.2, -0.15) is 5.10 Å². The fraction of sp³-hybridized carbons (Fsp3) is 0.261. The number of rotatable bonds is 6. The van der Waals surface area contributed by atoms with Crippen molar-refractivity contribution in [3.63, 3.8) is 0 Å². The number of carbonyl (C=O) groups is 1. The molecule has 4 aromatic rings. The Labute approximate surface area is 174 Å². The van der Waals surface area contributed by atoms with Crippen molar-refractivity contribution in [1.29, 1.82) is 0 Å². The zero-order chi connectivity index (χ0) is 21.3. The maximum absolute atomic E-state index is 12.4. The standard InChI is InChI=1S/C23H24N4O3/c1-15-5-7-18(22(9-15)29-4)19-11-17(27(3)25-19)12-23(28)30-13-16-6-8-21-20(10-16)24-14-26(21)2/h5-11,14H,12-13H2,1-4H3. The smallest absolute Gasteiger partial charge is 0.312 e. The van der Waals surface area contributed by atoms with Crippen molar-refractivity contribution in [1.82, 2.24) is 19.3 Å². The predicted molar refractivity (Wildman–Crippen MR) is 114 cm³/mol. The highest BCUT2D eigenvalue weighted by molar-refractivity contribution is 5.76. The van der Waals surface area contributed by atoms with Gasteiger partial charge in [-0.05, 0) is 48.4 Å². The molecule has 7 nitrogen and oxygen atoms in total. The number of hydrogen-bond donors (Lipinski definition) is 0. The molecule has 0 saturated carbocycles. The minimum Gasteiger partial charge on any atom is -0.496 e. The van der Waals surface area contributed by atoms with Gasteiger partial charge in [0, 0.05) is 25.4 Å². The van der Waals surface area contributed by atoms with Gasteiger partial charge in [-0.1, -0.05) is 12.1 Å². The third kappa shape index (κ3) is 3.91. The van der Waals surface area contributed by atoms with Crippen LogP contribution in [0.3, 0.4) is 0 Å². The fourth-order valence-electron chi connectivity index (χ4n) is 3.45. The van der Waals surface area contributed by atoms with Crippen molar-refractivity contribution < 1.29 is 14.3 Å². The molecular weight excluding hydrogens is 380 g/mol. The molecule has 4 rings (SSSR count). The summed E-state index contributed by atoms with van der Waals surface area (Å²) in [5, 5.41) is 4.55. The molecule has 7 heteroatoms. The van der Waals surface area contributed by atoms with Crippen LogP contribution in [-0.4, -0.2) is 32.4 Å². The summed E-state index contributed by atoms with van der Waals surface area (Å²) in [5.74, 6) is 0.452. The van der Waals surface area contributed by atoms with E-state index in [0.717, 1.165) is 44.9 Å². The lowest BCUT2D eigenvalue weighted by Crippen LogP contribution is -2.11. The van der Waals surface area contributed by atoms with Gasteiger partial charge in [0.2, 0.25) is 0 Å². The molecule has 0 unspecified atom stereocenters. The summed E-state index contributed by atoms with van der Waals surface area (Å²) in [6, 6.07) is 13.7. The number of hydrogen-bond acceptors (Lipinski definition) is 5. The Morgan fingerprint density at radius 3 is 2.73 bits per heavy atom. The lowest BCUT2D eigenvalue weighted by atomic mass is 10.1. The monoisotopic (exact) mass is 404 g/mol. The van der Waals surface area contributed by atoms with E-state index in [-0.39, 0.29) is 19.0 Å². The average Bonchev–Trinajstić information content (AvgIpc) is 3.28. The van der Waals surface area contributed by atoms with Crippen molar-refractivity contribution in [2.75, 3.05) is 7.11 Å². The quantitative estimate of drug-likeness (QED) is 0.460. The minimum absolute atomic E-state index is 0.142. The van der Waals surface area contributed by atoms with Gasteiger partial charge in [0.05, 0.1) is 36.6 Å². The summed E-state index contributed by atoms with van der Waals surface area (Å²) in [5.41, 5.74) is 6.37. The first-order valence-electron chi connectivity index (χ1n) is 9.68. The van der Waals surface area contributed by atoms with Gasteiger partial charge in [0.1, 0.15) is 12.4 Å². The highest BCUT2D eigenvalue weighted by Crippen LogP contribution is 2.30. The van der Waals surface area contributed by atoms with E-state index in [2.05, 4.69) is 10.1 Å². The number of imidazole rings is 1. The lowest BCUT2D eigenvalue weighted by Gasteiger charge is -2.06. The van der Waals surface area contributed by atoms with Gasteiger partial charge in [0.15, 0.2) is 0 Å². The molecule has 2 heterocycles. The summed E-state index contributed by atoms with van der Waals surface area (Å²) >= 11 is 0. The molecule has 0 spiro atoms. The molecule has 154 valence electrons. The first kappa shape index (κ1) is 19.7. The second-order valence-corrected chi connectivity index (χ2v) is 7.36. The van der Waals surface area contributed by atoms with E-state index in [9.17, 15) is 4.79 Å². The van der Waals surface area contributed by atoms with E-state index in [4.69, 9.17) is 9.47 Å². The van der Waals surface area contributed by atoms with Crippen LogP contribution in [0.15, 0.2) is 48.8 Å². The molecule has 0 atom stereocenters. The summed E-state index contributed by atoms with van der Waals surface area (Å²) in [4.78, 5) is 16.7. The van der Waals surface area contributed by atoms with Gasteiger partial charge in [-0.15, -0.1) is 0 Å². The fourth-order valence-corrected chi connectivity index (χ4v) is 3.45. The third-order valence-corrected chi connectivity index (χ3v) is 5.12. The van der Waals surface area contributed by atoms with Crippen LogP contribution in [0, 0.1) is 6.92 Å². The van der Waals surface area contributed by atoms with Gasteiger partial charge in [0.25, 0.3) is 0 Å². The Kier molecular flexibility index (Phi) is 5.27. The number of esters is 1. The maximum Gasteiger partial charge on any atom is 0.312 e. The van der Waals surface area contributed by atoms with Crippen molar-refractivity contribution in [2.45, 2.75) is 20.0 Å². The highest BCUT2D eigenvalue weighted by atomic mass is 16.5. The van der Waals surface area contributed by atoms with Gasteiger partial charge in [-0.25, -0.2) is 4.98 Å². The van der Waals surface area contributed by atoms with Crippen LogP contribution in [0.5, 0.6) is 5.75 Å². The molecule has 2 aromatic carbocycles. The SMILES string of the molecule is COc1cc(C)ccc1-c1cc(CC(=O)OCc2ccc3c(c2)ncn3C)n(C)n1. The van der Waals surface area contributed by atoms with Crippen LogP contribution in [0.2, 0.25) is 0 Å². The first-order chi connectivity index (χ1) is 14.4. The normalized spacial score (nSPS) is 11.1. The van der Waals surface area contributed by atoms with Crippen LogP contribution in [-0.2, 0) is 36.7 Å². The molecule has 0 N–H and O–H groups in total. The number of methoxy groups -OCH3 is 1. The highest BCUT2D eigenvalue weighted by Gasteiger charge is 2.15. The van der Waals surface area contributed by atoms with E-state index in [1.807, 2.05) is 68.1 Å². The maximum atomic E-state index is 12.4. The van der Waals surface area contributed by atoms with Crippen molar-refractivity contribution in [3.05, 3.63) is 65.6 Å². The van der Waals surface area contributed by atoms with Crippen molar-refractivity contribution in [3.8, 4) is 17.0 Å². The Morgan fingerprint density at radius 1 is 1.10 bits per heavy atom. The summed E-state index contributed by atoms with van der Waals surface area (Å²) in [6.45, 7) is 2.22. The van der Waals surface area contributed by atoms with Crippen LogP contribution in [0.1, 0.15) is 16.8 Å². The molecule has 0 amide bonds. The topological polar surface area (TPSA) is 71.2 Å². The molecule has 0 fully saturated rings. The van der Waals surface area contributed by atoms with Crippen LogP contribution < -0.4 is 4.74 Å². The Morgan fingerprint density at radius 2 is 1.93 bits per heavy atom. The number of aryl methyl sites for hydroxylation is 3. The second kappa shape index (κ2) is 8.02. The zero-order valence-electron chi connectivity index (χ0n) is 17.5. The van der Waals surface area contributed by atoms with Gasteiger partial charge >= 0.3 is 5.97 Å². The molecule has 0 saturated heterocycles. The molecule has 0 radical (unpaired) electrons. The number of ether oxygens (including phenoxy) is 2. The Bertz CT molecular complexity index is 1220. The second-order valence-electron chi connectivity index (χ2n) is 7.36. The van der Waals surface area contributed by atoms with E-state index in [1.165, 1.54) is 0 Å². The lowest BCUT2D eigenvalue weighted by molar-refractivity contribution is -0.144. The number of fused-ring (bicyclic) bond motifs is 1. The van der Waals surface area contributed by atoms with E-state index in [1.54, 1.807) is 18.1 Å². The number of benzene rings is 2. The predicted octanol–water partition coefficient (Wildman–Crippen LogP) is 3.58. The van der Waals surface area contributed by atoms with E-state index < -0.39 is 0 Å². The minimum atomic E-state index is -0.304. The van der Waals surface area contributed by atoms with Crippen LogP contribution in [0.4, 0.5) is 0 Å². The summed E-state index contributed by atoms with van der Waals surface area (Å²) in [6.07, 6.45) is 1.91. The average molecular weight is 404 g/mol. The Hall–Kier alpha value is -3.61. The summed E-state index contributed by atoms with van der Waals surface area (Å²) < 4.78 is 14.6. The third-order valence-electron chi connectivity index (χ3n) is 5.12. The zero-order valence-corrected chi connectivity index (χ0v) is 17.5. The number of nitrogens with zero attached hydrogens (tertiary/aromatic N) is 4. The van der Waals surface area contributed by atoms with E-state index in [0.29, 0.717) is 0 Å². The Balaban J connectivity index is 1.44. The molecule has 0 aliphatic rings. The summed E-state index contributed by atoms with van der Waals surface area (Å²) in [7, 11) is 5.41. The van der Waals surface area contributed by atoms with Crippen molar-refractivity contribution in [2.24, 2.45) is 14.1 Å². The van der Waals surface area contributed by atoms with Gasteiger partial charge < -0.3 is 14.0 Å². The molecule has 2 aromatic heterocycles. The molecule has 0 aliphatic carbocycles. The van der Waals surface area contributed by atoms with Crippen LogP contribution in [0.25, 0.3) is 22.3 Å². The molecule has 0 bridgehead atoms. The van der Waals surface area contributed by atoms with Crippen molar-refractivity contribution >= 4 is 17.0 Å². The largest absolute Gasteiger partial charge is 0.496 e. The van der Waals surface area contributed by atoms with Gasteiger partial charge in [-0.3, -0.25) is 9.48 Å². The van der Waals surface area contributed by atoms with E-state index >= 15 is 0 Å². The molecule has 0 aliphatic heterocycles. The van der Waals surface area contributed by atoms with Crippen LogP contribution >= 0.6 is 0 Å². The first-order valence-corrected chi connectivity index (χ1v) is 9.68. The molecular formula is C23H24N4O3. The number of carbonyl (C=O) groups excluding carboxylic acids is 1. The molecule has 30 heavy (non-hydrogen) atoms.